The Labute approximate surface area is 215 Å². The number of carbonyl (C=O) groups excluding carboxylic acids is 3. The van der Waals surface area contributed by atoms with Gasteiger partial charge in [-0.1, -0.05) is 54.6 Å². The maximum atomic E-state index is 13.9. The molecule has 7 unspecified atom stereocenters. The van der Waals surface area contributed by atoms with Gasteiger partial charge in [-0.05, 0) is 36.0 Å². The molecule has 37 heavy (non-hydrogen) atoms. The van der Waals surface area contributed by atoms with Crippen LogP contribution in [0.5, 0.6) is 0 Å². The summed E-state index contributed by atoms with van der Waals surface area (Å²) in [7, 11) is 0. The predicted molar refractivity (Wildman–Crippen MR) is 131 cm³/mol. The van der Waals surface area contributed by atoms with E-state index < -0.39 is 29.6 Å². The van der Waals surface area contributed by atoms with E-state index in [1.807, 2.05) is 48.5 Å². The Bertz CT molecular complexity index is 1240. The van der Waals surface area contributed by atoms with Gasteiger partial charge in [0.1, 0.15) is 17.8 Å². The lowest BCUT2D eigenvalue weighted by molar-refractivity contribution is -0.668. The largest absolute Gasteiger partial charge is 0.458 e. The van der Waals surface area contributed by atoms with Crippen LogP contribution >= 0.6 is 0 Å². The van der Waals surface area contributed by atoms with Gasteiger partial charge in [0.2, 0.25) is 0 Å². The van der Waals surface area contributed by atoms with E-state index in [9.17, 15) is 14.4 Å². The van der Waals surface area contributed by atoms with Crippen molar-refractivity contribution in [3.8, 4) is 0 Å². The molecule has 2 N–H and O–H groups in total. The SMILES string of the molecule is O=C(OC1C2CC3C1OC(=O)C3C2C(=O)OC1(c2ccccc2)CC[NH2+]CC1)C1CCc2ccccc21. The minimum absolute atomic E-state index is 0.101. The molecule has 7 nitrogen and oxygen atoms in total. The Kier molecular flexibility index (Phi) is 5.39. The van der Waals surface area contributed by atoms with Crippen LogP contribution in [0.4, 0.5) is 0 Å². The average Bonchev–Trinajstić information content (AvgIpc) is 3.66. The smallest absolute Gasteiger partial charge is 0.313 e. The highest BCUT2D eigenvalue weighted by Gasteiger charge is 2.70. The van der Waals surface area contributed by atoms with Gasteiger partial charge in [-0.15, -0.1) is 0 Å². The summed E-state index contributed by atoms with van der Waals surface area (Å²) in [6.45, 7) is 1.74. The fourth-order valence-corrected chi connectivity index (χ4v) is 7.88. The van der Waals surface area contributed by atoms with E-state index in [4.69, 9.17) is 14.2 Å². The van der Waals surface area contributed by atoms with Crippen molar-refractivity contribution in [1.82, 2.24) is 0 Å². The normalized spacial score (nSPS) is 34.6. The Morgan fingerprint density at radius 1 is 0.946 bits per heavy atom. The van der Waals surface area contributed by atoms with Gasteiger partial charge in [-0.3, -0.25) is 14.4 Å². The zero-order valence-electron chi connectivity index (χ0n) is 20.7. The number of esters is 3. The first-order valence-electron chi connectivity index (χ1n) is 13.6. The summed E-state index contributed by atoms with van der Waals surface area (Å²) in [5.74, 6) is -2.81. The molecule has 7 heteroatoms. The topological polar surface area (TPSA) is 95.5 Å². The highest BCUT2D eigenvalue weighted by molar-refractivity contribution is 5.87. The number of aryl methyl sites for hydroxylation is 1. The van der Waals surface area contributed by atoms with E-state index in [-0.39, 0.29) is 35.7 Å². The third-order valence-corrected chi connectivity index (χ3v) is 9.59. The second-order valence-corrected chi connectivity index (χ2v) is 11.4. The third kappa shape index (κ3) is 3.54. The van der Waals surface area contributed by atoms with Gasteiger partial charge in [0.05, 0.1) is 30.8 Å². The maximum Gasteiger partial charge on any atom is 0.313 e. The fraction of sp³-hybridized carbons (Fsp3) is 0.500. The molecule has 7 rings (SSSR count). The number of quaternary nitrogens is 1. The minimum atomic E-state index is -0.698. The van der Waals surface area contributed by atoms with E-state index in [0.717, 1.165) is 43.5 Å². The molecule has 7 atom stereocenters. The number of piperidine rings is 1. The Morgan fingerprint density at radius 2 is 1.70 bits per heavy atom. The minimum Gasteiger partial charge on any atom is -0.458 e. The molecule has 2 aliphatic heterocycles. The van der Waals surface area contributed by atoms with E-state index in [1.54, 1.807) is 0 Å². The van der Waals surface area contributed by atoms with E-state index in [2.05, 4.69) is 11.4 Å². The van der Waals surface area contributed by atoms with Gasteiger partial charge in [-0.25, -0.2) is 0 Å². The van der Waals surface area contributed by atoms with Crippen molar-refractivity contribution < 1.29 is 33.9 Å². The fourth-order valence-electron chi connectivity index (χ4n) is 7.88. The zero-order chi connectivity index (χ0) is 25.1. The zero-order valence-corrected chi connectivity index (χ0v) is 20.7. The first-order chi connectivity index (χ1) is 18.1. The van der Waals surface area contributed by atoms with Gasteiger partial charge in [-0.2, -0.15) is 0 Å². The summed E-state index contributed by atoms with van der Waals surface area (Å²) in [5.41, 5.74) is 2.50. The molecule has 4 fully saturated rings. The van der Waals surface area contributed by atoms with Crippen molar-refractivity contribution in [3.05, 3.63) is 71.3 Å². The standard InChI is InChI=1S/C30H31NO6/c32-27(20-11-10-17-6-4-5-9-19(17)20)35-25-22-16-21-23(28(33)36-26(21)25)24(22)29(34)37-30(12-14-31-15-13-30)18-7-2-1-3-8-18/h1-9,20-26,31H,10-16H2/p+1. The van der Waals surface area contributed by atoms with Gasteiger partial charge < -0.3 is 19.5 Å². The second kappa shape index (κ2) is 8.69. The molecular weight excluding hydrogens is 470 g/mol. The van der Waals surface area contributed by atoms with Crippen molar-refractivity contribution in [1.29, 1.82) is 0 Å². The lowest BCUT2D eigenvalue weighted by Crippen LogP contribution is -2.87. The number of rotatable bonds is 5. The van der Waals surface area contributed by atoms with Crippen LogP contribution < -0.4 is 5.32 Å². The number of benzene rings is 2. The second-order valence-electron chi connectivity index (χ2n) is 11.4. The summed E-state index contributed by atoms with van der Waals surface area (Å²) in [5, 5.41) is 2.24. The lowest BCUT2D eigenvalue weighted by atomic mass is 9.78. The van der Waals surface area contributed by atoms with E-state index >= 15 is 0 Å². The molecule has 0 amide bonds. The van der Waals surface area contributed by atoms with Gasteiger partial charge >= 0.3 is 17.9 Å². The summed E-state index contributed by atoms with van der Waals surface area (Å²) >= 11 is 0. The quantitative estimate of drug-likeness (QED) is 0.498. The average molecular weight is 503 g/mol. The number of nitrogens with two attached hydrogens (primary N) is 1. The lowest BCUT2D eigenvalue weighted by Gasteiger charge is -2.38. The Balaban J connectivity index is 1.14. The number of hydrogen-bond acceptors (Lipinski definition) is 6. The molecule has 0 aromatic heterocycles. The maximum absolute atomic E-state index is 13.9. The summed E-state index contributed by atoms with van der Waals surface area (Å²) < 4.78 is 18.2. The molecule has 192 valence electrons. The molecule has 2 heterocycles. The molecule has 2 saturated heterocycles. The predicted octanol–water partition coefficient (Wildman–Crippen LogP) is 2.23. The molecule has 0 spiro atoms. The first-order valence-corrected chi connectivity index (χ1v) is 13.6. The molecule has 2 bridgehead atoms. The third-order valence-electron chi connectivity index (χ3n) is 9.59. The number of fused-ring (bicyclic) bond motifs is 2. The van der Waals surface area contributed by atoms with Gasteiger partial charge in [0.15, 0.2) is 0 Å². The van der Waals surface area contributed by atoms with Crippen LogP contribution in [-0.4, -0.2) is 43.2 Å². The van der Waals surface area contributed by atoms with Crippen LogP contribution in [0.2, 0.25) is 0 Å². The van der Waals surface area contributed by atoms with Crippen LogP contribution in [0.25, 0.3) is 0 Å². The van der Waals surface area contributed by atoms with E-state index in [1.165, 1.54) is 5.56 Å². The highest BCUT2D eigenvalue weighted by atomic mass is 16.6. The molecule has 2 aromatic carbocycles. The van der Waals surface area contributed by atoms with Crippen molar-refractivity contribution >= 4 is 17.9 Å². The van der Waals surface area contributed by atoms with Crippen molar-refractivity contribution in [2.45, 2.75) is 55.8 Å². The Morgan fingerprint density at radius 3 is 2.51 bits per heavy atom. The van der Waals surface area contributed by atoms with Crippen molar-refractivity contribution in [2.24, 2.45) is 23.7 Å². The molecule has 5 aliphatic rings. The number of ether oxygens (including phenoxy) is 3. The van der Waals surface area contributed by atoms with Crippen LogP contribution in [-0.2, 0) is 40.6 Å². The summed E-state index contributed by atoms with van der Waals surface area (Å²) in [6.07, 6.45) is 2.60. The Hall–Kier alpha value is -3.19. The van der Waals surface area contributed by atoms with Crippen LogP contribution in [0.1, 0.15) is 48.3 Å². The molecule has 2 aromatic rings. The highest BCUT2D eigenvalue weighted by Crippen LogP contribution is 2.59. The van der Waals surface area contributed by atoms with Crippen LogP contribution in [0.15, 0.2) is 54.6 Å². The summed E-state index contributed by atoms with van der Waals surface area (Å²) in [6, 6.07) is 17.9. The van der Waals surface area contributed by atoms with E-state index in [0.29, 0.717) is 12.8 Å². The first kappa shape index (κ1) is 23.0. The molecule has 3 aliphatic carbocycles. The monoisotopic (exact) mass is 502 g/mol. The molecular formula is C30H32NO6+. The number of hydrogen-bond donors (Lipinski definition) is 1. The van der Waals surface area contributed by atoms with Gasteiger partial charge in [0, 0.05) is 24.7 Å². The van der Waals surface area contributed by atoms with Gasteiger partial charge in [0.25, 0.3) is 0 Å². The molecule has 0 radical (unpaired) electrons. The number of carbonyl (C=O) groups is 3. The van der Waals surface area contributed by atoms with Crippen LogP contribution in [0.3, 0.4) is 0 Å². The van der Waals surface area contributed by atoms with Crippen molar-refractivity contribution in [3.63, 3.8) is 0 Å². The van der Waals surface area contributed by atoms with Crippen LogP contribution in [0, 0.1) is 23.7 Å². The summed E-state index contributed by atoms with van der Waals surface area (Å²) in [4.78, 5) is 40.2. The molecule has 2 saturated carbocycles. The van der Waals surface area contributed by atoms with Crippen molar-refractivity contribution in [2.75, 3.05) is 13.1 Å².